The highest BCUT2D eigenvalue weighted by molar-refractivity contribution is 5.85. The van der Waals surface area contributed by atoms with Gasteiger partial charge in [-0.15, -0.1) is 24.8 Å². The van der Waals surface area contributed by atoms with Crippen LogP contribution in [0.4, 0.5) is 0 Å². The van der Waals surface area contributed by atoms with Gasteiger partial charge in [0.25, 0.3) is 0 Å². The van der Waals surface area contributed by atoms with Crippen LogP contribution in [0, 0.1) is 0 Å². The Labute approximate surface area is 224 Å². The summed E-state index contributed by atoms with van der Waals surface area (Å²) in [5.41, 5.74) is 0. The number of hydrogen-bond acceptors (Lipinski definition) is 4. The summed E-state index contributed by atoms with van der Waals surface area (Å²) in [6.07, 6.45) is 27.6. The summed E-state index contributed by atoms with van der Waals surface area (Å²) in [5, 5.41) is 15.2. The molecule has 0 saturated heterocycles. The third kappa shape index (κ3) is 31.7. The topological polar surface area (TPSA) is 96.4 Å². The maximum absolute atomic E-state index is 11.9. The summed E-state index contributed by atoms with van der Waals surface area (Å²) in [6.45, 7) is 5.94. The van der Waals surface area contributed by atoms with Gasteiger partial charge in [-0.2, -0.15) is 0 Å². The number of unbranched alkanes of at least 4 members (excludes halogenated alkanes) is 15. The van der Waals surface area contributed by atoms with Crippen LogP contribution in [0.25, 0.3) is 0 Å². The van der Waals surface area contributed by atoms with Crippen molar-refractivity contribution in [1.82, 2.24) is 16.8 Å². The fourth-order valence-electron chi connectivity index (χ4n) is 3.88. The van der Waals surface area contributed by atoms with Gasteiger partial charge in [-0.25, -0.2) is 0 Å². The molecular formula is C27H59Cl2N3O2. The lowest BCUT2D eigenvalue weighted by atomic mass is 10.1. The minimum Gasteiger partial charge on any atom is -0.379 e. The molecule has 0 aromatic rings. The summed E-state index contributed by atoms with van der Waals surface area (Å²) in [4.78, 5) is 11.9. The molecule has 0 saturated carbocycles. The van der Waals surface area contributed by atoms with E-state index in [0.717, 1.165) is 19.3 Å². The van der Waals surface area contributed by atoms with E-state index in [4.69, 9.17) is 0 Å². The Morgan fingerprint density at radius 2 is 1.15 bits per heavy atom. The first-order chi connectivity index (χ1) is 15.1. The normalized spacial score (nSPS) is 12.4. The maximum Gasteiger partial charge on any atom is 0.221 e. The average molecular weight is 529 g/mol. The Morgan fingerprint density at radius 1 is 0.735 bits per heavy atom. The molecule has 2 atom stereocenters. The second kappa shape index (κ2) is 32.7. The second-order valence-corrected chi connectivity index (χ2v) is 9.12. The highest BCUT2D eigenvalue weighted by Gasteiger charge is 2.11. The van der Waals surface area contributed by atoms with E-state index in [-0.39, 0.29) is 43.0 Å². The van der Waals surface area contributed by atoms with E-state index in [2.05, 4.69) is 29.7 Å². The summed E-state index contributed by atoms with van der Waals surface area (Å²) in [6, 6.07) is 0. The molecule has 6 N–H and O–H groups in total. The standard InChI is InChI=1S/C27H54N2O2.2ClH.H3N/c1-4-6-7-8-9-10-11-12-13-14-15-16-17-18-19-20-21-22-23-24-27(31)29-26(5-2)28-25(3)30;;;/h12-13,25-26,28,30H,4-11,14-24H2,1-3H3,(H,29,31);2*1H;1H3. The van der Waals surface area contributed by atoms with Crippen molar-refractivity contribution in [2.75, 3.05) is 0 Å². The number of aliphatic hydroxyl groups is 1. The molecule has 5 nitrogen and oxygen atoms in total. The third-order valence-corrected chi connectivity index (χ3v) is 5.85. The van der Waals surface area contributed by atoms with Crippen molar-refractivity contribution < 1.29 is 9.90 Å². The van der Waals surface area contributed by atoms with Gasteiger partial charge < -0.3 is 16.6 Å². The van der Waals surface area contributed by atoms with E-state index in [1.165, 1.54) is 96.3 Å². The van der Waals surface area contributed by atoms with Crippen LogP contribution in [-0.2, 0) is 4.79 Å². The molecule has 0 aliphatic rings. The number of carbonyl (C=O) groups is 1. The van der Waals surface area contributed by atoms with Crippen LogP contribution < -0.4 is 16.8 Å². The van der Waals surface area contributed by atoms with Crippen LogP contribution in [0.3, 0.4) is 0 Å². The Balaban J connectivity index is -0.00000150. The molecule has 1 amide bonds. The largest absolute Gasteiger partial charge is 0.379 e. The monoisotopic (exact) mass is 527 g/mol. The zero-order valence-electron chi connectivity index (χ0n) is 22.6. The van der Waals surface area contributed by atoms with Crippen molar-refractivity contribution in [2.45, 2.75) is 155 Å². The van der Waals surface area contributed by atoms with Gasteiger partial charge in [-0.05, 0) is 45.4 Å². The van der Waals surface area contributed by atoms with Gasteiger partial charge in [0, 0.05) is 6.42 Å². The lowest BCUT2D eigenvalue weighted by Crippen LogP contribution is -2.48. The Hall–Kier alpha value is -0.330. The first-order valence-electron chi connectivity index (χ1n) is 13.5. The van der Waals surface area contributed by atoms with Crippen LogP contribution in [0.2, 0.25) is 0 Å². The van der Waals surface area contributed by atoms with E-state index in [9.17, 15) is 9.90 Å². The summed E-state index contributed by atoms with van der Waals surface area (Å²) in [7, 11) is 0. The highest BCUT2D eigenvalue weighted by atomic mass is 35.5. The van der Waals surface area contributed by atoms with Crippen molar-refractivity contribution in [3.8, 4) is 0 Å². The average Bonchev–Trinajstić information content (AvgIpc) is 2.74. The molecule has 0 heterocycles. The first kappa shape index (κ1) is 40.8. The zero-order chi connectivity index (χ0) is 23.0. The molecular weight excluding hydrogens is 469 g/mol. The van der Waals surface area contributed by atoms with Crippen molar-refractivity contribution in [2.24, 2.45) is 0 Å². The molecule has 0 rings (SSSR count). The summed E-state index contributed by atoms with van der Waals surface area (Å²) < 4.78 is 0. The van der Waals surface area contributed by atoms with Crippen LogP contribution in [0.1, 0.15) is 143 Å². The molecule has 0 aliphatic carbocycles. The quantitative estimate of drug-likeness (QED) is 0.0608. The number of halogens is 2. The molecule has 2 unspecified atom stereocenters. The van der Waals surface area contributed by atoms with Crippen LogP contribution >= 0.6 is 24.8 Å². The van der Waals surface area contributed by atoms with Crippen LogP contribution in [0.5, 0.6) is 0 Å². The van der Waals surface area contributed by atoms with Gasteiger partial charge in [0.1, 0.15) is 6.23 Å². The number of aliphatic hydroxyl groups excluding tert-OH is 1. The maximum atomic E-state index is 11.9. The number of nitrogens with one attached hydrogen (secondary N) is 2. The molecule has 0 bridgehead atoms. The predicted molar refractivity (Wildman–Crippen MR) is 154 cm³/mol. The van der Waals surface area contributed by atoms with E-state index >= 15 is 0 Å². The lowest BCUT2D eigenvalue weighted by Gasteiger charge is -2.20. The van der Waals surface area contributed by atoms with Gasteiger partial charge in [-0.1, -0.05) is 103 Å². The van der Waals surface area contributed by atoms with Crippen molar-refractivity contribution in [3.63, 3.8) is 0 Å². The number of rotatable bonds is 23. The molecule has 34 heavy (non-hydrogen) atoms. The predicted octanol–water partition coefficient (Wildman–Crippen LogP) is 8.37. The van der Waals surface area contributed by atoms with Crippen molar-refractivity contribution >= 4 is 30.7 Å². The fourth-order valence-corrected chi connectivity index (χ4v) is 3.88. The SMILES string of the molecule is CCCCCCCCC=CCCCCCCCCCCCC(=O)NC(CC)NC(C)O.Cl.Cl.N. The summed E-state index contributed by atoms with van der Waals surface area (Å²) in [5.74, 6) is 0.0843. The lowest BCUT2D eigenvalue weighted by molar-refractivity contribution is -0.122. The van der Waals surface area contributed by atoms with Gasteiger partial charge in [0.05, 0.1) is 6.17 Å². The van der Waals surface area contributed by atoms with Gasteiger partial charge in [0.15, 0.2) is 0 Å². The molecule has 0 fully saturated rings. The van der Waals surface area contributed by atoms with E-state index in [1.54, 1.807) is 6.92 Å². The van der Waals surface area contributed by atoms with Gasteiger partial charge >= 0.3 is 0 Å². The zero-order valence-corrected chi connectivity index (χ0v) is 24.3. The summed E-state index contributed by atoms with van der Waals surface area (Å²) >= 11 is 0. The Kier molecular flexibility index (Phi) is 39.2. The Bertz CT molecular complexity index is 425. The molecule has 0 aliphatic heterocycles. The Morgan fingerprint density at radius 3 is 1.56 bits per heavy atom. The third-order valence-electron chi connectivity index (χ3n) is 5.85. The van der Waals surface area contributed by atoms with Gasteiger partial charge in [-0.3, -0.25) is 10.1 Å². The second-order valence-electron chi connectivity index (χ2n) is 9.12. The molecule has 208 valence electrons. The van der Waals surface area contributed by atoms with E-state index in [0.29, 0.717) is 6.42 Å². The first-order valence-corrected chi connectivity index (χ1v) is 13.5. The molecule has 0 aromatic heterocycles. The number of carbonyl (C=O) groups excluding carboxylic acids is 1. The van der Waals surface area contributed by atoms with Crippen molar-refractivity contribution in [3.05, 3.63) is 12.2 Å². The number of hydrogen-bond donors (Lipinski definition) is 4. The van der Waals surface area contributed by atoms with Crippen LogP contribution in [-0.4, -0.2) is 23.4 Å². The number of amides is 1. The van der Waals surface area contributed by atoms with E-state index in [1.807, 2.05) is 6.92 Å². The molecule has 0 spiro atoms. The van der Waals surface area contributed by atoms with Crippen LogP contribution in [0.15, 0.2) is 12.2 Å². The minimum atomic E-state index is -0.600. The molecule has 7 heteroatoms. The smallest absolute Gasteiger partial charge is 0.221 e. The van der Waals surface area contributed by atoms with Crippen molar-refractivity contribution in [1.29, 1.82) is 0 Å². The minimum absolute atomic E-state index is 0. The number of allylic oxidation sites excluding steroid dienone is 2. The molecule has 0 radical (unpaired) electrons. The fraction of sp³-hybridized carbons (Fsp3) is 0.889. The molecule has 0 aromatic carbocycles. The highest BCUT2D eigenvalue weighted by Crippen LogP contribution is 2.12. The van der Waals surface area contributed by atoms with Gasteiger partial charge in [0.2, 0.25) is 5.91 Å². The van der Waals surface area contributed by atoms with E-state index < -0.39 is 6.23 Å².